The lowest BCUT2D eigenvalue weighted by Crippen LogP contribution is -2.04. The van der Waals surface area contributed by atoms with Crippen LogP contribution in [0.3, 0.4) is 0 Å². The average Bonchev–Trinajstić information content (AvgIpc) is 3.44. The molecule has 0 amide bonds. The van der Waals surface area contributed by atoms with E-state index in [4.69, 9.17) is 25.6 Å². The van der Waals surface area contributed by atoms with E-state index in [1.54, 1.807) is 0 Å². The minimum Gasteiger partial charge on any atom is -0.488 e. The Bertz CT molecular complexity index is 1760. The molecule has 0 bridgehead atoms. The summed E-state index contributed by atoms with van der Waals surface area (Å²) in [5, 5.41) is 4.51. The molecule has 2 aromatic heterocycles. The van der Waals surface area contributed by atoms with Gasteiger partial charge in [-0.3, -0.25) is 14.1 Å². The Kier molecular flexibility index (Phi) is 5.61. The van der Waals surface area contributed by atoms with E-state index < -0.39 is 5.76 Å². The van der Waals surface area contributed by atoms with Crippen LogP contribution in [0.25, 0.3) is 27.9 Å². The molecule has 1 aliphatic rings. The van der Waals surface area contributed by atoms with E-state index in [-0.39, 0.29) is 0 Å². The highest BCUT2D eigenvalue weighted by Crippen LogP contribution is 2.43. The molecule has 3 heterocycles. The Morgan fingerprint density at radius 3 is 2.81 bits per heavy atom. The van der Waals surface area contributed by atoms with Crippen molar-refractivity contribution in [1.29, 1.82) is 0 Å². The van der Waals surface area contributed by atoms with Gasteiger partial charge in [-0.25, -0.2) is 4.79 Å². The smallest absolute Gasteiger partial charge is 0.439 e. The maximum absolute atomic E-state index is 11.7. The third kappa shape index (κ3) is 3.81. The number of nitrogens with zero attached hydrogens (tertiary/aromatic N) is 3. The number of nitrogens with one attached hydrogen (secondary N) is 1. The number of fused-ring (bicyclic) bond motifs is 3. The average molecular weight is 515 g/mol. The summed E-state index contributed by atoms with van der Waals surface area (Å²) >= 11 is 6.45. The fourth-order valence-electron chi connectivity index (χ4n) is 4.87. The SMILES string of the molecule is CCOc1nc2c(Cl)cccc2n1-c1ccc2c(c1)COc1cccc(C)c1/C2=C(/C)c1noc(=O)[nH]1. The first kappa shape index (κ1) is 23.1. The summed E-state index contributed by atoms with van der Waals surface area (Å²) in [7, 11) is 0. The van der Waals surface area contributed by atoms with Gasteiger partial charge < -0.3 is 9.47 Å². The van der Waals surface area contributed by atoms with Crippen LogP contribution in [-0.4, -0.2) is 26.3 Å². The number of allylic oxidation sites excluding steroid dienone is 1. The zero-order chi connectivity index (χ0) is 25.7. The van der Waals surface area contributed by atoms with Gasteiger partial charge in [-0.1, -0.05) is 41.0 Å². The molecule has 0 atom stereocenters. The Balaban J connectivity index is 1.60. The molecule has 9 heteroatoms. The lowest BCUT2D eigenvalue weighted by Gasteiger charge is -2.17. The zero-order valence-electron chi connectivity index (χ0n) is 20.5. The number of aryl methyl sites for hydroxylation is 1. The van der Waals surface area contributed by atoms with Gasteiger partial charge in [0.25, 0.3) is 0 Å². The van der Waals surface area contributed by atoms with E-state index in [2.05, 4.69) is 27.3 Å². The Hall–Kier alpha value is -4.30. The van der Waals surface area contributed by atoms with Gasteiger partial charge in [0.15, 0.2) is 5.82 Å². The monoisotopic (exact) mass is 514 g/mol. The lowest BCUT2D eigenvalue weighted by molar-refractivity contribution is 0.305. The summed E-state index contributed by atoms with van der Waals surface area (Å²) in [6.07, 6.45) is 0. The molecule has 1 aliphatic heterocycles. The number of H-pyrrole nitrogens is 1. The standard InChI is InChI=1S/C28H23ClN4O4/c1-4-35-27-30-25-20(29)8-6-9-21(25)33(27)18-11-12-19-17(13-18)14-36-22-10-5-7-15(2)23(22)24(19)16(3)26-31-28(34)37-32-26/h5-13H,4,14H2,1-3H3,(H,31,32,34)/b24-16-. The molecule has 186 valence electrons. The number of aromatic nitrogens is 4. The molecule has 0 aliphatic carbocycles. The van der Waals surface area contributed by atoms with Gasteiger partial charge in [-0.05, 0) is 73.4 Å². The molecule has 0 radical (unpaired) electrons. The first-order valence-corrected chi connectivity index (χ1v) is 12.3. The summed E-state index contributed by atoms with van der Waals surface area (Å²) in [6, 6.07) is 18.2. The van der Waals surface area contributed by atoms with Gasteiger partial charge in [-0.15, -0.1) is 0 Å². The number of benzene rings is 3. The maximum atomic E-state index is 11.7. The second-order valence-electron chi connectivity index (χ2n) is 8.79. The second kappa shape index (κ2) is 8.97. The molecule has 8 nitrogen and oxygen atoms in total. The van der Waals surface area contributed by atoms with Gasteiger partial charge in [0.1, 0.15) is 17.9 Å². The van der Waals surface area contributed by atoms with Crippen LogP contribution in [-0.2, 0) is 6.61 Å². The van der Waals surface area contributed by atoms with Crippen molar-refractivity contribution in [2.75, 3.05) is 6.61 Å². The molecule has 5 aromatic rings. The van der Waals surface area contributed by atoms with Crippen LogP contribution in [0, 0.1) is 6.92 Å². The molecule has 6 rings (SSSR count). The van der Waals surface area contributed by atoms with Gasteiger partial charge in [0, 0.05) is 11.1 Å². The fraction of sp³-hybridized carbons (Fsp3) is 0.179. The van der Waals surface area contributed by atoms with Crippen LogP contribution < -0.4 is 15.2 Å². The van der Waals surface area contributed by atoms with Crippen LogP contribution in [0.1, 0.15) is 41.9 Å². The Labute approximate surface area is 217 Å². The van der Waals surface area contributed by atoms with Crippen LogP contribution in [0.15, 0.2) is 63.9 Å². The van der Waals surface area contributed by atoms with Crippen LogP contribution in [0.5, 0.6) is 11.8 Å². The highest BCUT2D eigenvalue weighted by Gasteiger charge is 2.26. The Morgan fingerprint density at radius 1 is 1.19 bits per heavy atom. The van der Waals surface area contributed by atoms with E-state index >= 15 is 0 Å². The molecule has 0 saturated heterocycles. The number of hydrogen-bond donors (Lipinski definition) is 1. The zero-order valence-corrected chi connectivity index (χ0v) is 21.2. The number of para-hydroxylation sites is 1. The maximum Gasteiger partial charge on any atom is 0.439 e. The predicted octanol–water partition coefficient (Wildman–Crippen LogP) is 5.93. The molecule has 3 aromatic carbocycles. The molecule has 0 spiro atoms. The minimum absolute atomic E-state index is 0.350. The lowest BCUT2D eigenvalue weighted by atomic mass is 9.88. The molecule has 0 unspecified atom stereocenters. The molecule has 0 fully saturated rings. The van der Waals surface area contributed by atoms with E-state index in [0.717, 1.165) is 50.4 Å². The third-order valence-corrected chi connectivity index (χ3v) is 6.84. The van der Waals surface area contributed by atoms with Crippen molar-refractivity contribution < 1.29 is 14.0 Å². The summed E-state index contributed by atoms with van der Waals surface area (Å²) < 4.78 is 19.0. The number of ether oxygens (including phenoxy) is 2. The van der Waals surface area contributed by atoms with Crippen LogP contribution in [0.2, 0.25) is 5.02 Å². The number of halogens is 1. The normalized spacial score (nSPS) is 14.1. The summed E-state index contributed by atoms with van der Waals surface area (Å²) in [5.74, 6) is 0.530. The van der Waals surface area contributed by atoms with E-state index in [0.29, 0.717) is 35.6 Å². The van der Waals surface area contributed by atoms with Gasteiger partial charge in [-0.2, -0.15) is 4.98 Å². The molecule has 0 saturated carbocycles. The highest BCUT2D eigenvalue weighted by atomic mass is 35.5. The highest BCUT2D eigenvalue weighted by molar-refractivity contribution is 6.35. The van der Waals surface area contributed by atoms with Gasteiger partial charge >= 0.3 is 11.8 Å². The molecule has 37 heavy (non-hydrogen) atoms. The second-order valence-corrected chi connectivity index (χ2v) is 9.20. The van der Waals surface area contributed by atoms with Gasteiger partial charge in [0.2, 0.25) is 0 Å². The summed E-state index contributed by atoms with van der Waals surface area (Å²) in [6.45, 7) is 6.69. The first-order valence-electron chi connectivity index (χ1n) is 11.9. The fourth-order valence-corrected chi connectivity index (χ4v) is 5.08. The molecule has 1 N–H and O–H groups in total. The Morgan fingerprint density at radius 2 is 2.03 bits per heavy atom. The third-order valence-electron chi connectivity index (χ3n) is 6.53. The summed E-state index contributed by atoms with van der Waals surface area (Å²) in [5.41, 5.74) is 8.00. The van der Waals surface area contributed by atoms with Crippen molar-refractivity contribution in [3.63, 3.8) is 0 Å². The number of aromatic amines is 1. The van der Waals surface area contributed by atoms with E-state index in [1.165, 1.54) is 0 Å². The summed E-state index contributed by atoms with van der Waals surface area (Å²) in [4.78, 5) is 19.1. The van der Waals surface area contributed by atoms with Crippen LogP contribution in [0.4, 0.5) is 0 Å². The molecular formula is C28H23ClN4O4. The minimum atomic E-state index is -0.602. The van der Waals surface area contributed by atoms with Crippen molar-refractivity contribution in [2.45, 2.75) is 27.4 Å². The van der Waals surface area contributed by atoms with E-state index in [1.807, 2.05) is 67.8 Å². The number of rotatable bonds is 4. The van der Waals surface area contributed by atoms with Gasteiger partial charge in [0.05, 0.1) is 22.8 Å². The topological polar surface area (TPSA) is 95.2 Å². The number of imidazole rings is 1. The quantitative estimate of drug-likeness (QED) is 0.319. The first-order chi connectivity index (χ1) is 18.0. The largest absolute Gasteiger partial charge is 0.488 e. The van der Waals surface area contributed by atoms with Crippen molar-refractivity contribution in [3.8, 4) is 17.4 Å². The van der Waals surface area contributed by atoms with Crippen LogP contribution >= 0.6 is 11.6 Å². The number of hydrogen-bond acceptors (Lipinski definition) is 6. The van der Waals surface area contributed by atoms with Crippen molar-refractivity contribution >= 4 is 33.8 Å². The van der Waals surface area contributed by atoms with Crippen molar-refractivity contribution in [3.05, 3.63) is 98.2 Å². The molecular weight excluding hydrogens is 492 g/mol. The van der Waals surface area contributed by atoms with Crippen molar-refractivity contribution in [2.24, 2.45) is 0 Å². The van der Waals surface area contributed by atoms with Crippen molar-refractivity contribution in [1.82, 2.24) is 19.7 Å². The van der Waals surface area contributed by atoms with E-state index in [9.17, 15) is 4.79 Å². The predicted molar refractivity (Wildman–Crippen MR) is 141 cm³/mol.